The van der Waals surface area contributed by atoms with Crippen LogP contribution in [-0.2, 0) is 11.2 Å². The summed E-state index contributed by atoms with van der Waals surface area (Å²) in [7, 11) is 4.14. The van der Waals surface area contributed by atoms with E-state index in [9.17, 15) is 4.79 Å². The fourth-order valence-corrected chi connectivity index (χ4v) is 3.62. The first-order valence-corrected chi connectivity index (χ1v) is 8.90. The number of hydrogen-bond donors (Lipinski definition) is 1. The Morgan fingerprint density at radius 1 is 1.16 bits per heavy atom. The summed E-state index contributed by atoms with van der Waals surface area (Å²) in [4.78, 5) is 16.9. The number of carbonyl (C=O) groups excluding carboxylic acids is 1. The van der Waals surface area contributed by atoms with Gasteiger partial charge in [-0.25, -0.2) is 0 Å². The fraction of sp³-hybridized carbons (Fsp3) is 0.381. The molecule has 0 fully saturated rings. The minimum atomic E-state index is 0.142. The molecule has 1 heterocycles. The Kier molecular flexibility index (Phi) is 5.51. The average molecular weight is 337 g/mol. The SMILES string of the molecule is C[C@@H]1Cc2ccccc2N1C(=O)CNC[C@@H](c1ccccc1)N(C)C. The van der Waals surface area contributed by atoms with E-state index in [1.165, 1.54) is 11.1 Å². The molecule has 25 heavy (non-hydrogen) atoms. The van der Waals surface area contributed by atoms with Crippen molar-refractivity contribution in [2.75, 3.05) is 32.1 Å². The summed E-state index contributed by atoms with van der Waals surface area (Å²) >= 11 is 0. The minimum Gasteiger partial charge on any atom is -0.308 e. The van der Waals surface area contributed by atoms with Gasteiger partial charge in [-0.15, -0.1) is 0 Å². The Hall–Kier alpha value is -2.17. The summed E-state index contributed by atoms with van der Waals surface area (Å²) in [5.41, 5.74) is 3.58. The van der Waals surface area contributed by atoms with Gasteiger partial charge in [0.2, 0.25) is 5.91 Å². The smallest absolute Gasteiger partial charge is 0.241 e. The molecule has 4 heteroatoms. The van der Waals surface area contributed by atoms with Crippen molar-refractivity contribution in [2.24, 2.45) is 0 Å². The maximum atomic E-state index is 12.8. The Bertz CT molecular complexity index is 714. The second-order valence-corrected chi connectivity index (χ2v) is 6.97. The van der Waals surface area contributed by atoms with Crippen molar-refractivity contribution in [1.82, 2.24) is 10.2 Å². The lowest BCUT2D eigenvalue weighted by Crippen LogP contribution is -2.43. The summed E-state index contributed by atoms with van der Waals surface area (Å²) in [6.07, 6.45) is 0.937. The largest absolute Gasteiger partial charge is 0.308 e. The van der Waals surface area contributed by atoms with Gasteiger partial charge in [0.1, 0.15) is 0 Å². The Labute approximate surface area is 150 Å². The van der Waals surface area contributed by atoms with E-state index in [1.54, 1.807) is 0 Å². The molecule has 2 atom stereocenters. The predicted molar refractivity (Wildman–Crippen MR) is 103 cm³/mol. The minimum absolute atomic E-state index is 0.142. The van der Waals surface area contributed by atoms with Crippen LogP contribution in [0.25, 0.3) is 0 Å². The van der Waals surface area contributed by atoms with Crippen LogP contribution in [0.2, 0.25) is 0 Å². The molecule has 2 aromatic carbocycles. The zero-order valence-electron chi connectivity index (χ0n) is 15.3. The molecule has 4 nitrogen and oxygen atoms in total. The van der Waals surface area contributed by atoms with Gasteiger partial charge in [-0.1, -0.05) is 48.5 Å². The molecular weight excluding hydrogens is 310 g/mol. The number of anilines is 1. The molecule has 1 aliphatic heterocycles. The number of nitrogens with zero attached hydrogens (tertiary/aromatic N) is 2. The third-order valence-corrected chi connectivity index (χ3v) is 4.90. The number of carbonyl (C=O) groups is 1. The van der Waals surface area contributed by atoms with Gasteiger partial charge in [-0.05, 0) is 44.6 Å². The van der Waals surface area contributed by atoms with Gasteiger partial charge < -0.3 is 15.1 Å². The molecule has 1 N–H and O–H groups in total. The highest BCUT2D eigenvalue weighted by Crippen LogP contribution is 2.31. The molecule has 1 amide bonds. The van der Waals surface area contributed by atoms with E-state index in [2.05, 4.69) is 61.6 Å². The first-order valence-electron chi connectivity index (χ1n) is 8.90. The van der Waals surface area contributed by atoms with Crippen LogP contribution in [0.3, 0.4) is 0 Å². The summed E-state index contributed by atoms with van der Waals surface area (Å²) in [5.74, 6) is 0.142. The summed E-state index contributed by atoms with van der Waals surface area (Å²) in [6.45, 7) is 3.22. The van der Waals surface area contributed by atoms with Crippen LogP contribution < -0.4 is 10.2 Å². The standard InChI is InChI=1S/C21H27N3O/c1-16-13-18-11-7-8-12-19(18)24(16)21(25)15-22-14-20(23(2)3)17-9-5-4-6-10-17/h4-12,16,20,22H,13-15H2,1-3H3/t16-,20+/m1/s1. The topological polar surface area (TPSA) is 35.6 Å². The molecule has 2 aromatic rings. The lowest BCUT2D eigenvalue weighted by Gasteiger charge is -2.27. The molecule has 132 valence electrons. The van der Waals surface area contributed by atoms with Gasteiger partial charge >= 0.3 is 0 Å². The molecule has 0 aromatic heterocycles. The van der Waals surface area contributed by atoms with Crippen molar-refractivity contribution in [3.63, 3.8) is 0 Å². The van der Waals surface area contributed by atoms with Gasteiger partial charge in [-0.2, -0.15) is 0 Å². The molecule has 0 bridgehead atoms. The number of hydrogen-bond acceptors (Lipinski definition) is 3. The fourth-order valence-electron chi connectivity index (χ4n) is 3.62. The average Bonchev–Trinajstić information content (AvgIpc) is 2.94. The molecule has 0 spiro atoms. The van der Waals surface area contributed by atoms with E-state index in [0.717, 1.165) is 18.7 Å². The number of amides is 1. The number of likely N-dealkylation sites (N-methyl/N-ethyl adjacent to an activating group) is 1. The van der Waals surface area contributed by atoms with Crippen LogP contribution in [0.15, 0.2) is 54.6 Å². The summed E-state index contributed by atoms with van der Waals surface area (Å²) in [6, 6.07) is 19.1. The number of nitrogens with one attached hydrogen (secondary N) is 1. The number of fused-ring (bicyclic) bond motifs is 1. The first kappa shape index (κ1) is 17.6. The highest BCUT2D eigenvalue weighted by Gasteiger charge is 2.30. The normalized spacial score (nSPS) is 17.6. The van der Waals surface area contributed by atoms with Gasteiger partial charge in [0, 0.05) is 24.3 Å². The van der Waals surface area contributed by atoms with Crippen molar-refractivity contribution >= 4 is 11.6 Å². The predicted octanol–water partition coefficient (Wildman–Crippen LogP) is 2.86. The van der Waals surface area contributed by atoms with Crippen LogP contribution in [-0.4, -0.2) is 44.0 Å². The molecule has 1 aliphatic rings. The van der Waals surface area contributed by atoms with E-state index < -0.39 is 0 Å². The maximum Gasteiger partial charge on any atom is 0.241 e. The number of para-hydroxylation sites is 1. The molecule has 0 radical (unpaired) electrons. The van der Waals surface area contributed by atoms with Gasteiger partial charge in [0.15, 0.2) is 0 Å². The van der Waals surface area contributed by atoms with Gasteiger partial charge in [-0.3, -0.25) is 4.79 Å². The second-order valence-electron chi connectivity index (χ2n) is 6.97. The first-order chi connectivity index (χ1) is 12.1. The monoisotopic (exact) mass is 337 g/mol. The van der Waals surface area contributed by atoms with Crippen molar-refractivity contribution in [2.45, 2.75) is 25.4 Å². The van der Waals surface area contributed by atoms with E-state index in [1.807, 2.05) is 29.2 Å². The maximum absolute atomic E-state index is 12.8. The lowest BCUT2D eigenvalue weighted by molar-refractivity contribution is -0.118. The quantitative estimate of drug-likeness (QED) is 0.880. The van der Waals surface area contributed by atoms with Crippen molar-refractivity contribution in [1.29, 1.82) is 0 Å². The van der Waals surface area contributed by atoms with Gasteiger partial charge in [0.25, 0.3) is 0 Å². The van der Waals surface area contributed by atoms with E-state index in [-0.39, 0.29) is 18.0 Å². The van der Waals surface area contributed by atoms with Crippen LogP contribution >= 0.6 is 0 Å². The molecule has 0 aliphatic carbocycles. The molecule has 3 rings (SSSR count). The van der Waals surface area contributed by atoms with Crippen LogP contribution in [0.4, 0.5) is 5.69 Å². The third-order valence-electron chi connectivity index (χ3n) is 4.90. The van der Waals surface area contributed by atoms with Crippen LogP contribution in [0.1, 0.15) is 24.1 Å². The van der Waals surface area contributed by atoms with Crippen molar-refractivity contribution < 1.29 is 4.79 Å². The number of rotatable bonds is 6. The Morgan fingerprint density at radius 2 is 1.84 bits per heavy atom. The van der Waals surface area contributed by atoms with Crippen LogP contribution in [0.5, 0.6) is 0 Å². The molecule has 0 saturated heterocycles. The van der Waals surface area contributed by atoms with Crippen molar-refractivity contribution in [3.05, 3.63) is 65.7 Å². The Balaban J connectivity index is 1.61. The van der Waals surface area contributed by atoms with E-state index >= 15 is 0 Å². The lowest BCUT2D eigenvalue weighted by atomic mass is 10.1. The van der Waals surface area contributed by atoms with Crippen molar-refractivity contribution in [3.8, 4) is 0 Å². The molecular formula is C21H27N3O. The third kappa shape index (κ3) is 3.91. The molecule has 0 unspecified atom stereocenters. The zero-order valence-corrected chi connectivity index (χ0v) is 15.3. The molecule has 0 saturated carbocycles. The summed E-state index contributed by atoms with van der Waals surface area (Å²) in [5, 5.41) is 3.36. The van der Waals surface area contributed by atoms with E-state index in [4.69, 9.17) is 0 Å². The highest BCUT2D eigenvalue weighted by molar-refractivity contribution is 5.97. The Morgan fingerprint density at radius 3 is 2.56 bits per heavy atom. The van der Waals surface area contributed by atoms with E-state index in [0.29, 0.717) is 6.54 Å². The highest BCUT2D eigenvalue weighted by atomic mass is 16.2. The van der Waals surface area contributed by atoms with Crippen LogP contribution in [0, 0.1) is 0 Å². The van der Waals surface area contributed by atoms with Gasteiger partial charge in [0.05, 0.1) is 6.54 Å². The zero-order chi connectivity index (χ0) is 17.8. The second kappa shape index (κ2) is 7.81. The summed E-state index contributed by atoms with van der Waals surface area (Å²) < 4.78 is 0. The number of benzene rings is 2.